The molecule has 0 fully saturated rings. The summed E-state index contributed by atoms with van der Waals surface area (Å²) in [4.78, 5) is 10.2. The number of hydrogen-bond acceptors (Lipinski definition) is 3. The van der Waals surface area contributed by atoms with Crippen molar-refractivity contribution < 1.29 is 18.5 Å². The zero-order valence-corrected chi connectivity index (χ0v) is 8.36. The average Bonchev–Trinajstić information content (AvgIpc) is 2.01. The van der Waals surface area contributed by atoms with Gasteiger partial charge in [0.2, 0.25) is 0 Å². The zero-order chi connectivity index (χ0) is 10.8. The molecule has 0 atom stereocenters. The van der Waals surface area contributed by atoms with Crippen LogP contribution in [0.3, 0.4) is 0 Å². The predicted molar refractivity (Wildman–Crippen MR) is 50.1 cm³/mol. The Labute approximate surface area is 81.4 Å². The van der Waals surface area contributed by atoms with Crippen LogP contribution in [0, 0.1) is 4.91 Å². The van der Waals surface area contributed by atoms with E-state index in [1.54, 1.807) is 6.07 Å². The van der Waals surface area contributed by atoms with Crippen LogP contribution in [0.2, 0.25) is 0 Å². The molecule has 0 unspecified atom stereocenters. The van der Waals surface area contributed by atoms with Gasteiger partial charge in [0.15, 0.2) is 9.84 Å². The van der Waals surface area contributed by atoms with E-state index in [2.05, 4.69) is 0 Å². The van der Waals surface area contributed by atoms with E-state index in [1.807, 2.05) is 0 Å². The van der Waals surface area contributed by atoms with Gasteiger partial charge in [-0.2, -0.15) is 0 Å². The normalized spacial score (nSPS) is 11.2. The van der Waals surface area contributed by atoms with Gasteiger partial charge in [-0.05, 0) is 5.56 Å². The van der Waals surface area contributed by atoms with Gasteiger partial charge in [-0.3, -0.25) is 0 Å². The van der Waals surface area contributed by atoms with Crippen molar-refractivity contribution in [3.8, 4) is 0 Å². The van der Waals surface area contributed by atoms with Crippen molar-refractivity contribution >= 4 is 15.5 Å². The number of sulfone groups is 1. The Kier molecular flexibility index (Phi) is 2.85. The van der Waals surface area contributed by atoms with E-state index in [4.69, 9.17) is 5.21 Å². The fourth-order valence-corrected chi connectivity index (χ4v) is 1.85. The van der Waals surface area contributed by atoms with E-state index >= 15 is 0 Å². The van der Waals surface area contributed by atoms with Crippen LogP contribution in [0.15, 0.2) is 24.3 Å². The number of nitrogens with zero attached hydrogens (tertiary/aromatic N) is 1. The van der Waals surface area contributed by atoms with Gasteiger partial charge in [-0.1, -0.05) is 12.1 Å². The molecule has 0 aliphatic rings. The Bertz CT molecular complexity index is 452. The molecule has 0 spiro atoms. The molecule has 1 aromatic rings. The molecule has 5 nitrogen and oxygen atoms in total. The van der Waals surface area contributed by atoms with Crippen molar-refractivity contribution in [3.05, 3.63) is 34.7 Å². The molecule has 1 aromatic carbocycles. The van der Waals surface area contributed by atoms with Gasteiger partial charge in [0, 0.05) is 18.4 Å². The van der Waals surface area contributed by atoms with Gasteiger partial charge >= 0.3 is 5.69 Å². The summed E-state index contributed by atoms with van der Waals surface area (Å²) in [6.45, 7) is 0. The molecule has 0 aliphatic heterocycles. The fourth-order valence-electron chi connectivity index (χ4n) is 1.07. The van der Waals surface area contributed by atoms with Crippen molar-refractivity contribution in [1.82, 2.24) is 0 Å². The number of hydrogen-bond donors (Lipinski definition) is 1. The molecule has 0 aliphatic carbocycles. The summed E-state index contributed by atoms with van der Waals surface area (Å²) >= 11 is 0. The predicted octanol–water partition coefficient (Wildman–Crippen LogP) is 1.03. The van der Waals surface area contributed by atoms with Crippen molar-refractivity contribution in [2.24, 2.45) is 0 Å². The van der Waals surface area contributed by atoms with Crippen molar-refractivity contribution in [2.45, 2.75) is 5.75 Å². The van der Waals surface area contributed by atoms with Crippen LogP contribution in [-0.2, 0) is 15.6 Å². The molecule has 0 bridgehead atoms. The fraction of sp³-hybridized carbons (Fsp3) is 0.250. The van der Waals surface area contributed by atoms with Crippen LogP contribution < -0.4 is 0 Å². The minimum atomic E-state index is -3.12. The largest absolute Gasteiger partial charge is 0.316 e. The Morgan fingerprint density at radius 1 is 1.43 bits per heavy atom. The molecule has 0 saturated carbocycles. The van der Waals surface area contributed by atoms with Crippen LogP contribution in [0.4, 0.5) is 5.69 Å². The quantitative estimate of drug-likeness (QED) is 0.766. The molecule has 1 rings (SSSR count). The van der Waals surface area contributed by atoms with Crippen molar-refractivity contribution in [3.63, 3.8) is 0 Å². The Balaban J connectivity index is 3.01. The maximum absolute atomic E-state index is 10.9. The molecule has 0 radical (unpaired) electrons. The van der Waals surface area contributed by atoms with E-state index < -0.39 is 9.84 Å². The summed E-state index contributed by atoms with van der Waals surface area (Å²) in [6, 6.07) is 5.80. The minimum Gasteiger partial charge on any atom is -0.241 e. The third kappa shape index (κ3) is 3.14. The number of benzene rings is 1. The Morgan fingerprint density at radius 2 is 2.07 bits per heavy atom. The van der Waals surface area contributed by atoms with E-state index in [1.165, 1.54) is 18.2 Å². The first-order valence-corrected chi connectivity index (χ1v) is 5.87. The lowest BCUT2D eigenvalue weighted by molar-refractivity contribution is -0.729. The Morgan fingerprint density at radius 3 is 2.57 bits per heavy atom. The molecular weight excluding hydrogens is 206 g/mol. The van der Waals surface area contributed by atoms with Gasteiger partial charge in [0.1, 0.15) is 0 Å². The van der Waals surface area contributed by atoms with Gasteiger partial charge in [0.25, 0.3) is 4.92 Å². The highest BCUT2D eigenvalue weighted by atomic mass is 32.2. The smallest absolute Gasteiger partial charge is 0.241 e. The lowest BCUT2D eigenvalue weighted by Gasteiger charge is -1.96. The highest BCUT2D eigenvalue weighted by Crippen LogP contribution is 2.14. The van der Waals surface area contributed by atoms with Crippen LogP contribution in [0.25, 0.3) is 0 Å². The van der Waals surface area contributed by atoms with Crippen LogP contribution >= 0.6 is 0 Å². The van der Waals surface area contributed by atoms with Gasteiger partial charge < -0.3 is 0 Å². The summed E-state index contributed by atoms with van der Waals surface area (Å²) in [5.41, 5.74) is 0.492. The van der Waals surface area contributed by atoms with E-state index in [-0.39, 0.29) is 16.4 Å². The molecule has 0 aromatic heterocycles. The first-order valence-electron chi connectivity index (χ1n) is 3.81. The first kappa shape index (κ1) is 10.6. The van der Waals surface area contributed by atoms with Crippen molar-refractivity contribution in [1.29, 1.82) is 0 Å². The van der Waals surface area contributed by atoms with E-state index in [0.29, 0.717) is 5.56 Å². The van der Waals surface area contributed by atoms with Crippen LogP contribution in [-0.4, -0.2) is 24.8 Å². The number of rotatable bonds is 3. The Hall–Kier alpha value is -1.43. The minimum absolute atomic E-state index is 0.0196. The molecule has 6 heteroatoms. The summed E-state index contributed by atoms with van der Waals surface area (Å²) in [6.07, 6.45) is 1.10. The van der Waals surface area contributed by atoms with E-state index in [9.17, 15) is 13.3 Å². The zero-order valence-electron chi connectivity index (χ0n) is 7.54. The standard InChI is InChI=1S/C8H10NO4S/c1-14(12,13)6-7-3-2-4-8(5-7)9(10)11/h2-5H,6H2,1H3,(H,10,11)/q+1. The monoisotopic (exact) mass is 216 g/mol. The molecule has 14 heavy (non-hydrogen) atoms. The summed E-state index contributed by atoms with van der Waals surface area (Å²) in [5.74, 6) is -0.144. The highest BCUT2D eigenvalue weighted by molar-refractivity contribution is 7.89. The van der Waals surface area contributed by atoms with Crippen LogP contribution in [0.5, 0.6) is 0 Å². The second-order valence-electron chi connectivity index (χ2n) is 3.01. The summed E-state index contributed by atoms with van der Waals surface area (Å²) in [7, 11) is -3.12. The van der Waals surface area contributed by atoms with Gasteiger partial charge in [-0.15, -0.1) is 0 Å². The molecule has 0 amide bonds. The highest BCUT2D eigenvalue weighted by Gasteiger charge is 2.13. The summed E-state index contributed by atoms with van der Waals surface area (Å²) < 4.78 is 21.9. The van der Waals surface area contributed by atoms with Gasteiger partial charge in [-0.25, -0.2) is 13.6 Å². The third-order valence-corrected chi connectivity index (χ3v) is 2.42. The maximum Gasteiger partial charge on any atom is 0.316 e. The maximum atomic E-state index is 10.9. The van der Waals surface area contributed by atoms with Gasteiger partial charge in [0.05, 0.1) is 10.7 Å². The lowest BCUT2D eigenvalue weighted by atomic mass is 10.2. The molecule has 76 valence electrons. The average molecular weight is 216 g/mol. The molecule has 1 N–H and O–H groups in total. The SMILES string of the molecule is CS(=O)(=O)Cc1cccc([N+](=O)O)c1. The first-order chi connectivity index (χ1) is 6.38. The van der Waals surface area contributed by atoms with Crippen LogP contribution in [0.1, 0.15) is 5.56 Å². The second-order valence-corrected chi connectivity index (χ2v) is 5.15. The third-order valence-electron chi connectivity index (χ3n) is 1.56. The lowest BCUT2D eigenvalue weighted by Crippen LogP contribution is -2.01. The molecule has 0 saturated heterocycles. The van der Waals surface area contributed by atoms with E-state index in [0.717, 1.165) is 6.26 Å². The topological polar surface area (TPSA) is 74.5 Å². The molecule has 0 heterocycles. The second kappa shape index (κ2) is 3.75. The van der Waals surface area contributed by atoms with Crippen molar-refractivity contribution in [2.75, 3.05) is 6.26 Å². The molecular formula is C8H10NO4S+. The summed E-state index contributed by atoms with van der Waals surface area (Å²) in [5, 5.41) is 8.57.